The fourth-order valence-electron chi connectivity index (χ4n) is 0.868. The summed E-state index contributed by atoms with van der Waals surface area (Å²) in [6.07, 6.45) is 0. The zero-order valence-corrected chi connectivity index (χ0v) is 13.2. The van der Waals surface area contributed by atoms with Crippen LogP contribution in [0.5, 0.6) is 5.75 Å². The molecule has 0 spiro atoms. The topological polar surface area (TPSA) is 18.5 Å². The molecule has 0 saturated carbocycles. The standard InChI is InChI=1S/C10H12FO2.BrH.Zn/c1-2-12-7-8-13-10-6-4-3-5-9(10)11;;/h4-6H,2,7-8H2,1H3;1H;/q-1;;+2/p-1. The summed E-state index contributed by atoms with van der Waals surface area (Å²) in [6, 6.07) is 7.02. The number of benzene rings is 1. The molecule has 80 valence electrons. The second-order valence-electron chi connectivity index (χ2n) is 2.40. The molecular formula is C10H12BrFO2Zn. The Labute approximate surface area is 106 Å². The quantitative estimate of drug-likeness (QED) is 0.470. The van der Waals surface area contributed by atoms with E-state index in [0.717, 1.165) is 0 Å². The van der Waals surface area contributed by atoms with E-state index in [0.29, 0.717) is 19.8 Å². The van der Waals surface area contributed by atoms with Crippen LogP contribution in [0.2, 0.25) is 0 Å². The van der Waals surface area contributed by atoms with Gasteiger partial charge >= 0.3 is 30.0 Å². The molecule has 0 bridgehead atoms. The molecule has 0 aliphatic carbocycles. The van der Waals surface area contributed by atoms with Crippen molar-refractivity contribution in [2.24, 2.45) is 0 Å². The monoisotopic (exact) mass is 326 g/mol. The second-order valence-corrected chi connectivity index (χ2v) is 2.40. The van der Waals surface area contributed by atoms with Crippen LogP contribution in [-0.4, -0.2) is 19.8 Å². The van der Waals surface area contributed by atoms with Crippen LogP contribution in [0, 0.1) is 11.9 Å². The van der Waals surface area contributed by atoms with Crippen LogP contribution >= 0.6 is 13.6 Å². The Bertz CT molecular complexity index is 261. The van der Waals surface area contributed by atoms with Gasteiger partial charge in [0.25, 0.3) is 0 Å². The van der Waals surface area contributed by atoms with E-state index in [2.05, 4.69) is 19.7 Å². The van der Waals surface area contributed by atoms with E-state index in [1.54, 1.807) is 12.1 Å². The van der Waals surface area contributed by atoms with Gasteiger partial charge in [0.15, 0.2) is 0 Å². The first-order valence-corrected chi connectivity index (χ1v) is 11.4. The Morgan fingerprint density at radius 2 is 2.20 bits per heavy atom. The summed E-state index contributed by atoms with van der Waals surface area (Å²) < 4.78 is 23.1. The van der Waals surface area contributed by atoms with Gasteiger partial charge in [0.2, 0.25) is 0 Å². The molecule has 5 heteroatoms. The summed E-state index contributed by atoms with van der Waals surface area (Å²) in [4.78, 5) is 0. The van der Waals surface area contributed by atoms with Crippen molar-refractivity contribution in [3.63, 3.8) is 0 Å². The van der Waals surface area contributed by atoms with Gasteiger partial charge in [0, 0.05) is 18.2 Å². The van der Waals surface area contributed by atoms with E-state index < -0.39 is 0 Å². The maximum absolute atomic E-state index is 12.9. The van der Waals surface area contributed by atoms with Gasteiger partial charge in [-0.05, 0) is 6.92 Å². The summed E-state index contributed by atoms with van der Waals surface area (Å²) in [5.41, 5.74) is 0. The second kappa shape index (κ2) is 10.5. The van der Waals surface area contributed by atoms with Gasteiger partial charge in [0.1, 0.15) is 6.61 Å². The first kappa shape index (κ1) is 15.0. The normalized spacial score (nSPS) is 9.13. The molecule has 0 saturated heterocycles. The van der Waals surface area contributed by atoms with Crippen molar-refractivity contribution in [3.05, 3.63) is 30.1 Å². The van der Waals surface area contributed by atoms with Gasteiger partial charge < -0.3 is 9.47 Å². The number of ether oxygens (including phenoxy) is 2. The van der Waals surface area contributed by atoms with Crippen LogP contribution < -0.4 is 4.74 Å². The zero-order valence-electron chi connectivity index (χ0n) is 8.63. The minimum absolute atomic E-state index is 0.249. The third kappa shape index (κ3) is 6.99. The predicted octanol–water partition coefficient (Wildman–Crippen LogP) is 2.88. The van der Waals surface area contributed by atoms with E-state index in [9.17, 15) is 4.39 Å². The molecule has 0 N–H and O–H groups in total. The van der Waals surface area contributed by atoms with Gasteiger partial charge in [-0.15, -0.1) is 12.1 Å². The van der Waals surface area contributed by atoms with Crippen molar-refractivity contribution in [1.82, 2.24) is 0 Å². The fraction of sp³-hybridized carbons (Fsp3) is 0.400. The van der Waals surface area contributed by atoms with Crippen LogP contribution in [0.25, 0.3) is 0 Å². The maximum atomic E-state index is 12.9. The van der Waals surface area contributed by atoms with Crippen molar-refractivity contribution in [1.29, 1.82) is 0 Å². The molecule has 0 radical (unpaired) electrons. The van der Waals surface area contributed by atoms with Gasteiger partial charge in [0.05, 0.1) is 6.61 Å². The van der Waals surface area contributed by atoms with Crippen molar-refractivity contribution >= 4 is 13.6 Å². The fourth-order valence-corrected chi connectivity index (χ4v) is 0.868. The molecule has 0 atom stereocenters. The Hall–Kier alpha value is 0.0134. The van der Waals surface area contributed by atoms with E-state index in [1.807, 2.05) is 6.92 Å². The van der Waals surface area contributed by atoms with E-state index in [-0.39, 0.29) is 11.6 Å². The molecule has 0 fully saturated rings. The Kier molecular flexibility index (Phi) is 10.5. The minimum atomic E-state index is -0.390. The Morgan fingerprint density at radius 3 is 2.80 bits per heavy atom. The van der Waals surface area contributed by atoms with E-state index in [4.69, 9.17) is 9.47 Å². The average Bonchev–Trinajstić information content (AvgIpc) is 2.29. The van der Waals surface area contributed by atoms with Crippen LogP contribution in [0.15, 0.2) is 18.2 Å². The van der Waals surface area contributed by atoms with Crippen LogP contribution in [0.1, 0.15) is 6.92 Å². The van der Waals surface area contributed by atoms with Crippen molar-refractivity contribution in [2.45, 2.75) is 6.92 Å². The van der Waals surface area contributed by atoms with E-state index in [1.165, 1.54) is 22.4 Å². The Balaban J connectivity index is 0.000000921. The van der Waals surface area contributed by atoms with Crippen molar-refractivity contribution in [2.75, 3.05) is 19.8 Å². The molecule has 15 heavy (non-hydrogen) atoms. The summed E-state index contributed by atoms with van der Waals surface area (Å²) >= 11 is 4.25. The molecule has 0 amide bonds. The molecule has 1 aromatic rings. The average molecular weight is 328 g/mol. The number of halogens is 2. The van der Waals surface area contributed by atoms with Gasteiger partial charge in [-0.2, -0.15) is 12.1 Å². The molecular weight excluding hydrogens is 316 g/mol. The van der Waals surface area contributed by atoms with Crippen molar-refractivity contribution in [3.8, 4) is 5.75 Å². The van der Waals surface area contributed by atoms with Crippen LogP contribution in [0.4, 0.5) is 4.39 Å². The van der Waals surface area contributed by atoms with E-state index >= 15 is 0 Å². The molecule has 0 heterocycles. The predicted molar refractivity (Wildman–Crippen MR) is 56.2 cm³/mol. The SMILES string of the molecule is CCOCCOc1cc[c-]cc1F.[Zn+][Br]. The molecule has 1 aromatic carbocycles. The molecule has 0 aromatic heterocycles. The van der Waals surface area contributed by atoms with Gasteiger partial charge in [-0.1, -0.05) is 0 Å². The van der Waals surface area contributed by atoms with Gasteiger partial charge in [-0.3, -0.25) is 4.39 Å². The third-order valence-electron chi connectivity index (χ3n) is 1.47. The van der Waals surface area contributed by atoms with Crippen LogP contribution in [-0.2, 0) is 21.1 Å². The first-order valence-electron chi connectivity index (χ1n) is 4.47. The first-order chi connectivity index (χ1) is 7.34. The summed E-state index contributed by atoms with van der Waals surface area (Å²) in [7, 11) is 0. The molecule has 0 aliphatic rings. The molecule has 0 unspecified atom stereocenters. The summed E-state index contributed by atoms with van der Waals surface area (Å²) in [5.74, 6) is -0.141. The number of hydrogen-bond acceptors (Lipinski definition) is 2. The van der Waals surface area contributed by atoms with Gasteiger partial charge in [-0.25, -0.2) is 0 Å². The Morgan fingerprint density at radius 1 is 1.47 bits per heavy atom. The molecule has 0 aliphatic heterocycles. The van der Waals surface area contributed by atoms with Crippen molar-refractivity contribution < 1.29 is 30.2 Å². The van der Waals surface area contributed by atoms with Crippen LogP contribution in [0.3, 0.4) is 0 Å². The third-order valence-corrected chi connectivity index (χ3v) is 1.47. The summed E-state index contributed by atoms with van der Waals surface area (Å²) in [5, 5.41) is 0. The molecule has 2 nitrogen and oxygen atoms in total. The number of rotatable bonds is 5. The molecule has 1 rings (SSSR count). The summed E-state index contributed by atoms with van der Waals surface area (Å²) in [6.45, 7) is 3.40. The zero-order chi connectivity index (χ0) is 11.5. The number of hydrogen-bond donors (Lipinski definition) is 0.